The van der Waals surface area contributed by atoms with E-state index in [1.54, 1.807) is 6.92 Å². The number of hydrogen-bond donors (Lipinski definition) is 1. The van der Waals surface area contributed by atoms with Crippen molar-refractivity contribution in [1.82, 2.24) is 5.32 Å². The van der Waals surface area contributed by atoms with E-state index >= 15 is 0 Å². The van der Waals surface area contributed by atoms with Gasteiger partial charge in [-0.3, -0.25) is 4.79 Å². The van der Waals surface area contributed by atoms with Gasteiger partial charge in [0.25, 0.3) is 0 Å². The first-order chi connectivity index (χ1) is 7.15. The summed E-state index contributed by atoms with van der Waals surface area (Å²) in [5.41, 5.74) is 0. The number of esters is 1. The van der Waals surface area contributed by atoms with Crippen LogP contribution in [0.5, 0.6) is 0 Å². The number of hydrogen-bond acceptors (Lipinski definition) is 3. The van der Waals surface area contributed by atoms with Gasteiger partial charge in [-0.1, -0.05) is 19.1 Å². The normalized spacial score (nSPS) is 17.4. The summed E-state index contributed by atoms with van der Waals surface area (Å²) in [6.45, 7) is 5.25. The van der Waals surface area contributed by atoms with Crippen LogP contribution in [0.25, 0.3) is 0 Å². The summed E-state index contributed by atoms with van der Waals surface area (Å²) in [7, 11) is 0. The van der Waals surface area contributed by atoms with E-state index in [-0.39, 0.29) is 18.4 Å². The van der Waals surface area contributed by atoms with Crippen molar-refractivity contribution in [3.63, 3.8) is 0 Å². The smallest absolute Gasteiger partial charge is 0.328 e. The van der Waals surface area contributed by atoms with Crippen LogP contribution in [0.1, 0.15) is 26.2 Å². The lowest BCUT2D eigenvalue weighted by molar-refractivity contribution is -0.147. The van der Waals surface area contributed by atoms with E-state index in [4.69, 9.17) is 4.74 Å². The first-order valence-electron chi connectivity index (χ1n) is 5.23. The largest absolute Gasteiger partial charge is 0.460 e. The highest BCUT2D eigenvalue weighted by Crippen LogP contribution is 2.26. The zero-order valence-electron chi connectivity index (χ0n) is 8.99. The van der Waals surface area contributed by atoms with E-state index in [1.807, 2.05) is 0 Å². The maximum absolute atomic E-state index is 11.5. The minimum absolute atomic E-state index is 0.0377. The Hall–Kier alpha value is -1.32. The van der Waals surface area contributed by atoms with Crippen molar-refractivity contribution in [3.8, 4) is 0 Å². The lowest BCUT2D eigenvalue weighted by Gasteiger charge is -2.25. The molecule has 0 radical (unpaired) electrons. The Morgan fingerprint density at radius 3 is 2.73 bits per heavy atom. The van der Waals surface area contributed by atoms with Crippen LogP contribution in [0.4, 0.5) is 0 Å². The SMILES string of the molecule is C=CCOC(=O)C(C)NC(=O)C1CCC1. The Bertz CT molecular complexity index is 259. The number of rotatable bonds is 5. The molecule has 1 N–H and O–H groups in total. The number of carbonyl (C=O) groups is 2. The van der Waals surface area contributed by atoms with E-state index in [9.17, 15) is 9.59 Å². The zero-order chi connectivity index (χ0) is 11.3. The quantitative estimate of drug-likeness (QED) is 0.545. The fourth-order valence-electron chi connectivity index (χ4n) is 1.33. The standard InChI is InChI=1S/C11H17NO3/c1-3-7-15-11(14)8(2)12-10(13)9-5-4-6-9/h3,8-9H,1,4-7H2,2H3,(H,12,13). The molecule has 0 aliphatic heterocycles. The number of amides is 1. The monoisotopic (exact) mass is 211 g/mol. The summed E-state index contributed by atoms with van der Waals surface area (Å²) in [6.07, 6.45) is 4.46. The van der Waals surface area contributed by atoms with Gasteiger partial charge >= 0.3 is 5.97 Å². The maximum atomic E-state index is 11.5. The molecule has 1 amide bonds. The van der Waals surface area contributed by atoms with Gasteiger partial charge in [0.05, 0.1) is 0 Å². The van der Waals surface area contributed by atoms with Gasteiger partial charge in [-0.15, -0.1) is 0 Å². The first-order valence-corrected chi connectivity index (χ1v) is 5.23. The highest BCUT2D eigenvalue weighted by Gasteiger charge is 2.27. The second kappa shape index (κ2) is 5.53. The average Bonchev–Trinajstić information content (AvgIpc) is 2.10. The topological polar surface area (TPSA) is 55.4 Å². The molecule has 1 aliphatic rings. The molecule has 0 aromatic rings. The molecule has 4 heteroatoms. The van der Waals surface area contributed by atoms with Gasteiger partial charge in [0.15, 0.2) is 0 Å². The summed E-state index contributed by atoms with van der Waals surface area (Å²) >= 11 is 0. The van der Waals surface area contributed by atoms with E-state index in [0.717, 1.165) is 19.3 Å². The van der Waals surface area contributed by atoms with Crippen LogP contribution < -0.4 is 5.32 Å². The zero-order valence-corrected chi connectivity index (χ0v) is 8.99. The third-order valence-corrected chi connectivity index (χ3v) is 2.53. The minimum atomic E-state index is -0.571. The molecule has 0 heterocycles. The molecular formula is C11H17NO3. The Morgan fingerprint density at radius 1 is 1.60 bits per heavy atom. The predicted molar refractivity (Wildman–Crippen MR) is 56.1 cm³/mol. The molecule has 15 heavy (non-hydrogen) atoms. The molecule has 0 aromatic heterocycles. The Labute approximate surface area is 89.7 Å². The maximum Gasteiger partial charge on any atom is 0.328 e. The Balaban J connectivity index is 2.26. The van der Waals surface area contributed by atoms with Crippen molar-refractivity contribution in [3.05, 3.63) is 12.7 Å². The van der Waals surface area contributed by atoms with Crippen LogP contribution in [-0.2, 0) is 14.3 Å². The molecule has 84 valence electrons. The molecule has 4 nitrogen and oxygen atoms in total. The van der Waals surface area contributed by atoms with Crippen LogP contribution >= 0.6 is 0 Å². The summed E-state index contributed by atoms with van der Waals surface area (Å²) in [6, 6.07) is -0.571. The Kier molecular flexibility index (Phi) is 4.34. The van der Waals surface area contributed by atoms with Crippen molar-refractivity contribution in [2.45, 2.75) is 32.2 Å². The third-order valence-electron chi connectivity index (χ3n) is 2.53. The van der Waals surface area contributed by atoms with Crippen molar-refractivity contribution in [2.24, 2.45) is 5.92 Å². The van der Waals surface area contributed by atoms with Crippen molar-refractivity contribution in [2.75, 3.05) is 6.61 Å². The van der Waals surface area contributed by atoms with Gasteiger partial charge in [-0.2, -0.15) is 0 Å². The lowest BCUT2D eigenvalue weighted by atomic mass is 9.84. The van der Waals surface area contributed by atoms with Gasteiger partial charge < -0.3 is 10.1 Å². The second-order valence-electron chi connectivity index (χ2n) is 3.78. The Morgan fingerprint density at radius 2 is 2.27 bits per heavy atom. The molecule has 1 unspecified atom stereocenters. The lowest BCUT2D eigenvalue weighted by Crippen LogP contribution is -2.44. The summed E-state index contributed by atoms with van der Waals surface area (Å²) in [5.74, 6) is -0.355. The van der Waals surface area contributed by atoms with Gasteiger partial charge in [0.1, 0.15) is 12.6 Å². The van der Waals surface area contributed by atoms with Crippen molar-refractivity contribution >= 4 is 11.9 Å². The summed E-state index contributed by atoms with van der Waals surface area (Å²) in [5, 5.41) is 2.64. The molecule has 1 aliphatic carbocycles. The van der Waals surface area contributed by atoms with Crippen molar-refractivity contribution < 1.29 is 14.3 Å². The van der Waals surface area contributed by atoms with Gasteiger partial charge in [0, 0.05) is 5.92 Å². The fourth-order valence-corrected chi connectivity index (χ4v) is 1.33. The van der Waals surface area contributed by atoms with Crippen molar-refractivity contribution in [1.29, 1.82) is 0 Å². The molecule has 0 bridgehead atoms. The fraction of sp³-hybridized carbons (Fsp3) is 0.636. The minimum Gasteiger partial charge on any atom is -0.460 e. The van der Waals surface area contributed by atoms with Crippen LogP contribution in [0.3, 0.4) is 0 Å². The molecule has 1 saturated carbocycles. The summed E-state index contributed by atoms with van der Waals surface area (Å²) in [4.78, 5) is 22.8. The first kappa shape index (κ1) is 11.8. The molecular weight excluding hydrogens is 194 g/mol. The van der Waals surface area contributed by atoms with Gasteiger partial charge in [0.2, 0.25) is 5.91 Å². The van der Waals surface area contributed by atoms with Crippen LogP contribution in [-0.4, -0.2) is 24.5 Å². The van der Waals surface area contributed by atoms with E-state index in [0.29, 0.717) is 0 Å². The average molecular weight is 211 g/mol. The molecule has 1 fully saturated rings. The summed E-state index contributed by atoms with van der Waals surface area (Å²) < 4.78 is 4.81. The second-order valence-corrected chi connectivity index (χ2v) is 3.78. The molecule has 0 spiro atoms. The predicted octanol–water partition coefficient (Wildman–Crippen LogP) is 1.02. The molecule has 0 aromatic carbocycles. The van der Waals surface area contributed by atoms with Crippen LogP contribution in [0.15, 0.2) is 12.7 Å². The van der Waals surface area contributed by atoms with Crippen LogP contribution in [0, 0.1) is 5.92 Å². The molecule has 1 rings (SSSR count). The molecule has 1 atom stereocenters. The van der Waals surface area contributed by atoms with Gasteiger partial charge in [-0.25, -0.2) is 4.79 Å². The van der Waals surface area contributed by atoms with E-state index in [1.165, 1.54) is 6.08 Å². The van der Waals surface area contributed by atoms with E-state index in [2.05, 4.69) is 11.9 Å². The highest BCUT2D eigenvalue weighted by molar-refractivity contribution is 5.85. The number of nitrogens with one attached hydrogen (secondary N) is 1. The molecule has 0 saturated heterocycles. The van der Waals surface area contributed by atoms with Crippen LogP contribution in [0.2, 0.25) is 0 Å². The number of carbonyl (C=O) groups excluding carboxylic acids is 2. The third kappa shape index (κ3) is 3.38. The van der Waals surface area contributed by atoms with Gasteiger partial charge in [-0.05, 0) is 19.8 Å². The number of ether oxygens (including phenoxy) is 1. The highest BCUT2D eigenvalue weighted by atomic mass is 16.5. The van der Waals surface area contributed by atoms with E-state index < -0.39 is 12.0 Å².